The zero-order chi connectivity index (χ0) is 13.0. The van der Waals surface area contributed by atoms with Gasteiger partial charge in [0.05, 0.1) is 0 Å². The van der Waals surface area contributed by atoms with E-state index in [-0.39, 0.29) is 11.9 Å². The Hall–Kier alpha value is -1.75. The summed E-state index contributed by atoms with van der Waals surface area (Å²) < 4.78 is 14.9. The Kier molecular flexibility index (Phi) is 4.04. The molecule has 1 aromatic carbocycles. The lowest BCUT2D eigenvalue weighted by Crippen LogP contribution is -2.31. The third kappa shape index (κ3) is 3.13. The summed E-state index contributed by atoms with van der Waals surface area (Å²) in [5, 5.41) is 7.27. The van der Waals surface area contributed by atoms with Gasteiger partial charge in [-0.05, 0) is 31.2 Å². The molecule has 2 aromatic rings. The van der Waals surface area contributed by atoms with E-state index in [0.29, 0.717) is 0 Å². The fourth-order valence-electron chi connectivity index (χ4n) is 1.95. The first-order valence-corrected chi connectivity index (χ1v) is 5.93. The predicted molar refractivity (Wildman–Crippen MR) is 67.7 cm³/mol. The first-order chi connectivity index (χ1) is 8.69. The molecule has 18 heavy (non-hydrogen) atoms. The maximum absolute atomic E-state index is 13.1. The van der Waals surface area contributed by atoms with Crippen molar-refractivity contribution < 1.29 is 4.39 Å². The number of likely N-dealkylation sites (N-methyl/N-ethyl adjacent to an activating group) is 1. The molecule has 0 aliphatic rings. The molecule has 1 aromatic heterocycles. The Bertz CT molecular complexity index is 509. The summed E-state index contributed by atoms with van der Waals surface area (Å²) >= 11 is 0. The molecule has 1 atom stereocenters. The van der Waals surface area contributed by atoms with Crippen molar-refractivity contribution in [3.63, 3.8) is 0 Å². The minimum atomic E-state index is -0.194. The summed E-state index contributed by atoms with van der Waals surface area (Å²) in [5.41, 5.74) is 0.983. The third-order valence-electron chi connectivity index (χ3n) is 3.01. The second-order valence-electron chi connectivity index (χ2n) is 4.32. The van der Waals surface area contributed by atoms with Gasteiger partial charge in [-0.1, -0.05) is 12.1 Å². The van der Waals surface area contributed by atoms with Crippen LogP contribution in [-0.2, 0) is 19.9 Å². The molecule has 96 valence electrons. The smallest absolute Gasteiger partial charge is 0.138 e. The number of aryl methyl sites for hydroxylation is 1. The van der Waals surface area contributed by atoms with E-state index in [2.05, 4.69) is 15.4 Å². The molecular formula is C13H17FN4. The standard InChI is InChI=1S/C13H17FN4/c1-15-12(8-13-16-9-17-18(13)2)7-10-4-3-5-11(14)6-10/h3-6,9,12,15H,7-8H2,1-2H3. The van der Waals surface area contributed by atoms with Crippen molar-refractivity contribution in [3.8, 4) is 0 Å². The van der Waals surface area contributed by atoms with E-state index in [9.17, 15) is 4.39 Å². The van der Waals surface area contributed by atoms with E-state index >= 15 is 0 Å². The molecule has 2 rings (SSSR count). The molecule has 0 spiro atoms. The number of aromatic nitrogens is 3. The Morgan fingerprint density at radius 3 is 2.83 bits per heavy atom. The molecule has 4 nitrogen and oxygen atoms in total. The Balaban J connectivity index is 2.04. The van der Waals surface area contributed by atoms with Gasteiger partial charge in [-0.3, -0.25) is 4.68 Å². The molecule has 0 saturated heterocycles. The zero-order valence-corrected chi connectivity index (χ0v) is 10.6. The summed E-state index contributed by atoms with van der Waals surface area (Å²) in [6.07, 6.45) is 3.08. The second kappa shape index (κ2) is 5.73. The van der Waals surface area contributed by atoms with Gasteiger partial charge in [-0.15, -0.1) is 0 Å². The minimum Gasteiger partial charge on any atom is -0.316 e. The van der Waals surface area contributed by atoms with E-state index in [1.807, 2.05) is 20.2 Å². The number of hydrogen-bond donors (Lipinski definition) is 1. The highest BCUT2D eigenvalue weighted by Gasteiger charge is 2.12. The fourth-order valence-corrected chi connectivity index (χ4v) is 1.95. The largest absolute Gasteiger partial charge is 0.316 e. The van der Waals surface area contributed by atoms with Crippen LogP contribution in [0.3, 0.4) is 0 Å². The molecule has 5 heteroatoms. The van der Waals surface area contributed by atoms with Gasteiger partial charge in [0, 0.05) is 19.5 Å². The number of halogens is 1. The molecule has 0 bridgehead atoms. The molecule has 0 aliphatic carbocycles. The molecule has 0 fully saturated rings. The molecule has 0 amide bonds. The number of benzene rings is 1. The topological polar surface area (TPSA) is 42.7 Å². The Morgan fingerprint density at radius 2 is 2.22 bits per heavy atom. The number of rotatable bonds is 5. The summed E-state index contributed by atoms with van der Waals surface area (Å²) in [6, 6.07) is 6.92. The SMILES string of the molecule is CNC(Cc1cccc(F)c1)Cc1ncnn1C. The van der Waals surface area contributed by atoms with Crippen LogP contribution in [0.15, 0.2) is 30.6 Å². The monoisotopic (exact) mass is 248 g/mol. The van der Waals surface area contributed by atoms with Crippen LogP contribution in [-0.4, -0.2) is 27.9 Å². The van der Waals surface area contributed by atoms with E-state index in [0.717, 1.165) is 24.2 Å². The van der Waals surface area contributed by atoms with Crippen molar-refractivity contribution in [2.45, 2.75) is 18.9 Å². The van der Waals surface area contributed by atoms with Crippen LogP contribution in [0.25, 0.3) is 0 Å². The van der Waals surface area contributed by atoms with Crippen molar-refractivity contribution in [2.75, 3.05) is 7.05 Å². The van der Waals surface area contributed by atoms with Crippen molar-refractivity contribution >= 4 is 0 Å². The Morgan fingerprint density at radius 1 is 1.39 bits per heavy atom. The predicted octanol–water partition coefficient (Wildman–Crippen LogP) is 1.33. The van der Waals surface area contributed by atoms with Crippen molar-refractivity contribution in [2.24, 2.45) is 7.05 Å². The van der Waals surface area contributed by atoms with E-state index in [1.54, 1.807) is 23.1 Å². The van der Waals surface area contributed by atoms with Crippen LogP contribution in [0.2, 0.25) is 0 Å². The second-order valence-corrected chi connectivity index (χ2v) is 4.32. The van der Waals surface area contributed by atoms with Crippen LogP contribution in [0.5, 0.6) is 0 Å². The lowest BCUT2D eigenvalue weighted by molar-refractivity contribution is 0.525. The molecule has 1 heterocycles. The zero-order valence-electron chi connectivity index (χ0n) is 10.6. The van der Waals surface area contributed by atoms with E-state index in [1.165, 1.54) is 6.07 Å². The van der Waals surface area contributed by atoms with E-state index < -0.39 is 0 Å². The Labute approximate surface area is 106 Å². The highest BCUT2D eigenvalue weighted by atomic mass is 19.1. The van der Waals surface area contributed by atoms with Crippen LogP contribution >= 0.6 is 0 Å². The summed E-state index contributed by atoms with van der Waals surface area (Å²) in [6.45, 7) is 0. The highest BCUT2D eigenvalue weighted by Crippen LogP contribution is 2.09. The van der Waals surface area contributed by atoms with E-state index in [4.69, 9.17) is 0 Å². The quantitative estimate of drug-likeness (QED) is 0.868. The van der Waals surface area contributed by atoms with Gasteiger partial charge in [0.2, 0.25) is 0 Å². The van der Waals surface area contributed by atoms with Crippen molar-refractivity contribution in [3.05, 3.63) is 47.8 Å². The molecule has 1 unspecified atom stereocenters. The molecule has 0 radical (unpaired) electrons. The van der Waals surface area contributed by atoms with Gasteiger partial charge in [0.1, 0.15) is 18.0 Å². The van der Waals surface area contributed by atoms with Crippen molar-refractivity contribution in [1.82, 2.24) is 20.1 Å². The van der Waals surface area contributed by atoms with Crippen LogP contribution in [0.1, 0.15) is 11.4 Å². The van der Waals surface area contributed by atoms with Gasteiger partial charge in [0.25, 0.3) is 0 Å². The van der Waals surface area contributed by atoms with Gasteiger partial charge in [0.15, 0.2) is 0 Å². The number of nitrogens with one attached hydrogen (secondary N) is 1. The average molecular weight is 248 g/mol. The average Bonchev–Trinajstić information content (AvgIpc) is 2.74. The summed E-state index contributed by atoms with van der Waals surface area (Å²) in [5.74, 6) is 0.728. The van der Waals surface area contributed by atoms with Gasteiger partial charge in [-0.2, -0.15) is 5.10 Å². The maximum Gasteiger partial charge on any atom is 0.138 e. The fraction of sp³-hybridized carbons (Fsp3) is 0.385. The van der Waals surface area contributed by atoms with Crippen LogP contribution < -0.4 is 5.32 Å². The van der Waals surface area contributed by atoms with Crippen molar-refractivity contribution in [1.29, 1.82) is 0 Å². The maximum atomic E-state index is 13.1. The third-order valence-corrected chi connectivity index (χ3v) is 3.01. The molecule has 1 N–H and O–H groups in total. The lowest BCUT2D eigenvalue weighted by Gasteiger charge is -2.15. The normalized spacial score (nSPS) is 12.6. The highest BCUT2D eigenvalue weighted by molar-refractivity contribution is 5.17. The number of nitrogens with zero attached hydrogens (tertiary/aromatic N) is 3. The first-order valence-electron chi connectivity index (χ1n) is 5.93. The lowest BCUT2D eigenvalue weighted by atomic mass is 10.0. The first kappa shape index (κ1) is 12.7. The number of hydrogen-bond acceptors (Lipinski definition) is 3. The van der Waals surface area contributed by atoms with Crippen LogP contribution in [0.4, 0.5) is 4.39 Å². The molecule has 0 aliphatic heterocycles. The minimum absolute atomic E-state index is 0.194. The summed E-state index contributed by atoms with van der Waals surface area (Å²) in [7, 11) is 3.78. The summed E-state index contributed by atoms with van der Waals surface area (Å²) in [4.78, 5) is 4.20. The molecule has 0 saturated carbocycles. The molecular weight excluding hydrogens is 231 g/mol. The van der Waals surface area contributed by atoms with Gasteiger partial charge in [-0.25, -0.2) is 9.37 Å². The van der Waals surface area contributed by atoms with Gasteiger partial charge >= 0.3 is 0 Å². The van der Waals surface area contributed by atoms with Gasteiger partial charge < -0.3 is 5.32 Å². The van der Waals surface area contributed by atoms with Crippen LogP contribution in [0, 0.1) is 5.82 Å².